The molecule has 0 heterocycles. The Labute approximate surface area is 108 Å². The third kappa shape index (κ3) is 9.71. The van der Waals surface area contributed by atoms with Gasteiger partial charge in [-0.3, -0.25) is 12.2 Å². The molecular weight excluding hydrogens is 216 g/mol. The van der Waals surface area contributed by atoms with E-state index >= 15 is 0 Å². The SMILES string of the molecule is [C-]1=CC=CC=CC1.[C-]1=CC=CCCC1.[Ti+2]. The molecule has 0 saturated heterocycles. The van der Waals surface area contributed by atoms with Crippen LogP contribution in [0.1, 0.15) is 25.7 Å². The van der Waals surface area contributed by atoms with Gasteiger partial charge in [-0.05, 0) is 0 Å². The molecule has 0 atom stereocenters. The van der Waals surface area contributed by atoms with E-state index in [1.165, 1.54) is 12.8 Å². The van der Waals surface area contributed by atoms with E-state index in [-0.39, 0.29) is 21.7 Å². The second kappa shape index (κ2) is 11.5. The summed E-state index contributed by atoms with van der Waals surface area (Å²) in [4.78, 5) is 0. The van der Waals surface area contributed by atoms with Crippen molar-refractivity contribution in [2.24, 2.45) is 0 Å². The third-order valence-electron chi connectivity index (χ3n) is 1.85. The summed E-state index contributed by atoms with van der Waals surface area (Å²) >= 11 is 0. The zero-order valence-electron chi connectivity index (χ0n) is 8.95. The van der Waals surface area contributed by atoms with Crippen molar-refractivity contribution in [3.05, 3.63) is 60.8 Å². The maximum atomic E-state index is 3.14. The molecule has 0 aliphatic heterocycles. The van der Waals surface area contributed by atoms with Gasteiger partial charge in [0.25, 0.3) is 0 Å². The first kappa shape index (κ1) is 14.4. The van der Waals surface area contributed by atoms with Crippen LogP contribution in [0.3, 0.4) is 0 Å². The van der Waals surface area contributed by atoms with Gasteiger partial charge in [0.1, 0.15) is 0 Å². The fraction of sp³-hybridized carbons (Fsp3) is 0.286. The van der Waals surface area contributed by atoms with Crippen LogP contribution in [0, 0.1) is 12.2 Å². The second-order valence-corrected chi connectivity index (χ2v) is 3.08. The number of hydrogen-bond acceptors (Lipinski definition) is 0. The Morgan fingerprint density at radius 1 is 0.800 bits per heavy atom. The van der Waals surface area contributed by atoms with Crippen molar-refractivity contribution in [1.29, 1.82) is 0 Å². The average molecular weight is 232 g/mol. The maximum Gasteiger partial charge on any atom is 2.00 e. The molecule has 0 saturated carbocycles. The topological polar surface area (TPSA) is 0 Å². The summed E-state index contributed by atoms with van der Waals surface area (Å²) in [5, 5.41) is 0. The van der Waals surface area contributed by atoms with Gasteiger partial charge >= 0.3 is 21.7 Å². The quantitative estimate of drug-likeness (QED) is 0.438. The molecule has 2 aliphatic carbocycles. The Morgan fingerprint density at radius 3 is 2.60 bits per heavy atom. The van der Waals surface area contributed by atoms with E-state index in [1.807, 2.05) is 30.4 Å². The Balaban J connectivity index is 0.000000245. The second-order valence-electron chi connectivity index (χ2n) is 3.08. The number of allylic oxidation sites excluding steroid dienone is 10. The van der Waals surface area contributed by atoms with Crippen LogP contribution in [0.4, 0.5) is 0 Å². The summed E-state index contributed by atoms with van der Waals surface area (Å²) in [6.07, 6.45) is 27.0. The molecule has 2 rings (SSSR count). The van der Waals surface area contributed by atoms with Crippen LogP contribution in [0.15, 0.2) is 48.6 Å². The molecule has 0 N–H and O–H groups in total. The predicted molar refractivity (Wildman–Crippen MR) is 61.5 cm³/mol. The molecule has 15 heavy (non-hydrogen) atoms. The van der Waals surface area contributed by atoms with Crippen LogP contribution in [0.5, 0.6) is 0 Å². The smallest absolute Gasteiger partial charge is 0.275 e. The molecule has 2 aliphatic rings. The van der Waals surface area contributed by atoms with Crippen LogP contribution in [-0.4, -0.2) is 0 Å². The van der Waals surface area contributed by atoms with Crippen molar-refractivity contribution in [1.82, 2.24) is 0 Å². The Morgan fingerprint density at radius 2 is 1.67 bits per heavy atom. The summed E-state index contributed by atoms with van der Waals surface area (Å²) < 4.78 is 0. The van der Waals surface area contributed by atoms with Gasteiger partial charge in [-0.2, -0.15) is 6.08 Å². The summed E-state index contributed by atoms with van der Waals surface area (Å²) in [5.74, 6) is 0. The first-order chi connectivity index (χ1) is 7.00. The molecule has 0 bridgehead atoms. The van der Waals surface area contributed by atoms with Crippen LogP contribution in [-0.2, 0) is 21.7 Å². The van der Waals surface area contributed by atoms with Crippen LogP contribution >= 0.6 is 0 Å². The minimum Gasteiger partial charge on any atom is -0.275 e. The van der Waals surface area contributed by atoms with Gasteiger partial charge in [-0.1, -0.05) is 31.4 Å². The largest absolute Gasteiger partial charge is 2.00 e. The zero-order chi connectivity index (χ0) is 9.90. The predicted octanol–water partition coefficient (Wildman–Crippen LogP) is 3.95. The van der Waals surface area contributed by atoms with Crippen molar-refractivity contribution in [3.63, 3.8) is 0 Å². The fourth-order valence-corrected chi connectivity index (χ4v) is 1.11. The van der Waals surface area contributed by atoms with Gasteiger partial charge in [0.15, 0.2) is 0 Å². The summed E-state index contributed by atoms with van der Waals surface area (Å²) in [6.45, 7) is 0. The molecule has 0 aromatic rings. The van der Waals surface area contributed by atoms with Crippen molar-refractivity contribution < 1.29 is 21.7 Å². The molecule has 0 aromatic heterocycles. The minimum atomic E-state index is 0. The summed E-state index contributed by atoms with van der Waals surface area (Å²) in [6, 6.07) is 0. The van der Waals surface area contributed by atoms with E-state index in [0.29, 0.717) is 0 Å². The van der Waals surface area contributed by atoms with E-state index in [0.717, 1.165) is 12.8 Å². The van der Waals surface area contributed by atoms with E-state index in [2.05, 4.69) is 30.4 Å². The molecular formula is C14H16Ti. The van der Waals surface area contributed by atoms with Crippen LogP contribution in [0.2, 0.25) is 0 Å². The number of rotatable bonds is 0. The molecule has 0 amide bonds. The monoisotopic (exact) mass is 232 g/mol. The van der Waals surface area contributed by atoms with Gasteiger partial charge in [-0.25, -0.2) is 24.3 Å². The first-order valence-electron chi connectivity index (χ1n) is 5.10. The van der Waals surface area contributed by atoms with E-state index in [4.69, 9.17) is 0 Å². The molecule has 0 radical (unpaired) electrons. The Bertz CT molecular complexity index is 241. The fourth-order valence-electron chi connectivity index (χ4n) is 1.11. The van der Waals surface area contributed by atoms with Crippen LogP contribution in [0.25, 0.3) is 0 Å². The minimum absolute atomic E-state index is 0. The molecule has 0 nitrogen and oxygen atoms in total. The maximum absolute atomic E-state index is 3.14. The Hall–Kier alpha value is -0.586. The van der Waals surface area contributed by atoms with Crippen LogP contribution < -0.4 is 0 Å². The van der Waals surface area contributed by atoms with Gasteiger partial charge in [0, 0.05) is 0 Å². The van der Waals surface area contributed by atoms with Gasteiger partial charge in [-0.15, -0.1) is 12.5 Å². The standard InChI is InChI=1S/C7H9.C7H7.Ti/c2*1-2-4-6-7-5-3-1;/h1-3H,4,6-7H2;1-5H,6H2;/q2*-1;+2. The molecule has 1 heteroatoms. The molecule has 0 spiro atoms. The third-order valence-corrected chi connectivity index (χ3v) is 1.85. The van der Waals surface area contributed by atoms with Gasteiger partial charge in [0.05, 0.1) is 0 Å². The average Bonchev–Trinajstić information content (AvgIpc) is 2.68. The van der Waals surface area contributed by atoms with Crippen molar-refractivity contribution >= 4 is 0 Å². The van der Waals surface area contributed by atoms with Crippen molar-refractivity contribution in [2.45, 2.75) is 25.7 Å². The molecule has 0 unspecified atom stereocenters. The zero-order valence-corrected chi connectivity index (χ0v) is 10.5. The first-order valence-corrected chi connectivity index (χ1v) is 5.10. The van der Waals surface area contributed by atoms with Gasteiger partial charge < -0.3 is 0 Å². The normalized spacial score (nSPS) is 17.1. The molecule has 76 valence electrons. The summed E-state index contributed by atoms with van der Waals surface area (Å²) in [7, 11) is 0. The van der Waals surface area contributed by atoms with Crippen molar-refractivity contribution in [3.8, 4) is 0 Å². The molecule has 0 aromatic carbocycles. The van der Waals surface area contributed by atoms with Crippen molar-refractivity contribution in [2.75, 3.05) is 0 Å². The van der Waals surface area contributed by atoms with E-state index < -0.39 is 0 Å². The number of hydrogen-bond donors (Lipinski definition) is 0. The van der Waals surface area contributed by atoms with E-state index in [1.54, 1.807) is 0 Å². The molecule has 0 fully saturated rings. The Kier molecular flexibility index (Phi) is 11.0. The van der Waals surface area contributed by atoms with Gasteiger partial charge in [0.2, 0.25) is 0 Å². The van der Waals surface area contributed by atoms with E-state index in [9.17, 15) is 0 Å². The summed E-state index contributed by atoms with van der Waals surface area (Å²) in [5.41, 5.74) is 0.